The standard InChI is InChI=1S/C56H37N5/c1-4-14-40(15-5-1)54-48-35-45-34-43(38-23-25-39(26-24-38)50-37-59-33-13-12-22-53(59)57-50)27-28-44(45)36-52(48)60(55(54)41-16-6-2-7-17-41)47-31-29-42(30-32-47)56-58-49-20-10-11-21-51(49)61(56)46-18-8-3-9-19-46/h1-37H. The van der Waals surface area contributed by atoms with Gasteiger partial charge in [0.25, 0.3) is 0 Å². The number of rotatable bonds is 7. The summed E-state index contributed by atoms with van der Waals surface area (Å²) in [4.78, 5) is 10.0. The zero-order valence-corrected chi connectivity index (χ0v) is 33.1. The van der Waals surface area contributed by atoms with Gasteiger partial charge in [-0.2, -0.15) is 0 Å². The van der Waals surface area contributed by atoms with Crippen LogP contribution in [-0.4, -0.2) is 23.5 Å². The van der Waals surface area contributed by atoms with Crippen molar-refractivity contribution < 1.29 is 0 Å². The van der Waals surface area contributed by atoms with Gasteiger partial charge in [0.05, 0.1) is 27.9 Å². The second-order valence-corrected chi connectivity index (χ2v) is 15.5. The number of benzene rings is 8. The van der Waals surface area contributed by atoms with E-state index in [0.717, 1.165) is 67.5 Å². The average molecular weight is 780 g/mol. The first-order chi connectivity index (χ1) is 30.2. The third-order valence-corrected chi connectivity index (χ3v) is 11.9. The van der Waals surface area contributed by atoms with E-state index in [0.29, 0.717) is 0 Å². The molecule has 0 aliphatic carbocycles. The van der Waals surface area contributed by atoms with Crippen molar-refractivity contribution in [2.45, 2.75) is 0 Å². The van der Waals surface area contributed by atoms with Crippen molar-refractivity contribution in [3.63, 3.8) is 0 Å². The summed E-state index contributed by atoms with van der Waals surface area (Å²) in [6, 6.07) is 75.8. The summed E-state index contributed by atoms with van der Waals surface area (Å²) in [6.45, 7) is 0. The number of pyridine rings is 1. The molecule has 286 valence electrons. The van der Waals surface area contributed by atoms with Gasteiger partial charge in [0.15, 0.2) is 0 Å². The maximum absolute atomic E-state index is 5.16. The Morgan fingerprint density at radius 3 is 1.79 bits per heavy atom. The third-order valence-electron chi connectivity index (χ3n) is 11.9. The first-order valence-corrected chi connectivity index (χ1v) is 20.6. The Morgan fingerprint density at radius 2 is 1.02 bits per heavy atom. The second kappa shape index (κ2) is 14.2. The lowest BCUT2D eigenvalue weighted by atomic mass is 9.95. The summed E-state index contributed by atoms with van der Waals surface area (Å²) in [5.74, 6) is 0.913. The van der Waals surface area contributed by atoms with Crippen LogP contribution in [0.5, 0.6) is 0 Å². The zero-order valence-electron chi connectivity index (χ0n) is 33.1. The van der Waals surface area contributed by atoms with Crippen molar-refractivity contribution in [3.8, 4) is 67.5 Å². The molecule has 61 heavy (non-hydrogen) atoms. The number of nitrogens with zero attached hydrogens (tertiary/aromatic N) is 5. The average Bonchev–Trinajstić information content (AvgIpc) is 4.04. The van der Waals surface area contributed by atoms with Crippen LogP contribution in [0.2, 0.25) is 0 Å². The molecule has 5 heteroatoms. The smallest absolute Gasteiger partial charge is 0.145 e. The first kappa shape index (κ1) is 34.7. The van der Waals surface area contributed by atoms with E-state index in [1.54, 1.807) is 0 Å². The summed E-state index contributed by atoms with van der Waals surface area (Å²) < 4.78 is 6.77. The maximum atomic E-state index is 5.16. The monoisotopic (exact) mass is 779 g/mol. The van der Waals surface area contributed by atoms with Gasteiger partial charge in [0.2, 0.25) is 0 Å². The molecule has 12 rings (SSSR count). The van der Waals surface area contributed by atoms with Crippen molar-refractivity contribution in [3.05, 3.63) is 225 Å². The summed E-state index contributed by atoms with van der Waals surface area (Å²) in [5, 5.41) is 3.58. The number of fused-ring (bicyclic) bond motifs is 4. The molecule has 0 spiro atoms. The predicted octanol–water partition coefficient (Wildman–Crippen LogP) is 14.1. The van der Waals surface area contributed by atoms with E-state index in [1.165, 1.54) is 38.4 Å². The van der Waals surface area contributed by atoms with Gasteiger partial charge in [0.1, 0.15) is 11.5 Å². The molecule has 0 bridgehead atoms. The number of hydrogen-bond donors (Lipinski definition) is 0. The minimum atomic E-state index is 0.913. The van der Waals surface area contributed by atoms with E-state index in [2.05, 4.69) is 214 Å². The van der Waals surface area contributed by atoms with Crippen LogP contribution < -0.4 is 0 Å². The summed E-state index contributed by atoms with van der Waals surface area (Å²) in [5.41, 5.74) is 16.5. The zero-order chi connectivity index (χ0) is 40.3. The molecular weight excluding hydrogens is 743 g/mol. The molecule has 0 N–H and O–H groups in total. The lowest BCUT2D eigenvalue weighted by Gasteiger charge is -2.15. The normalized spacial score (nSPS) is 11.6. The van der Waals surface area contributed by atoms with Gasteiger partial charge in [-0.1, -0.05) is 133 Å². The van der Waals surface area contributed by atoms with Crippen LogP contribution in [0.15, 0.2) is 225 Å². The largest absolute Gasteiger partial charge is 0.309 e. The second-order valence-electron chi connectivity index (χ2n) is 15.5. The molecule has 0 amide bonds. The molecule has 8 aromatic carbocycles. The van der Waals surface area contributed by atoms with Crippen LogP contribution in [0.25, 0.3) is 106 Å². The number of imidazole rings is 2. The molecular formula is C56H37N5. The van der Waals surface area contributed by atoms with Crippen molar-refractivity contribution in [2.75, 3.05) is 0 Å². The number of aromatic nitrogens is 5. The molecule has 0 atom stereocenters. The van der Waals surface area contributed by atoms with E-state index in [1.807, 2.05) is 24.4 Å². The molecule has 0 fully saturated rings. The Hall–Kier alpha value is -8.28. The van der Waals surface area contributed by atoms with E-state index in [-0.39, 0.29) is 0 Å². The van der Waals surface area contributed by atoms with Gasteiger partial charge in [-0.05, 0) is 112 Å². The first-order valence-electron chi connectivity index (χ1n) is 20.6. The molecule has 0 aliphatic rings. The lowest BCUT2D eigenvalue weighted by molar-refractivity contribution is 1.10. The van der Waals surface area contributed by atoms with Gasteiger partial charge >= 0.3 is 0 Å². The topological polar surface area (TPSA) is 40.0 Å². The summed E-state index contributed by atoms with van der Waals surface area (Å²) >= 11 is 0. The maximum Gasteiger partial charge on any atom is 0.145 e. The SMILES string of the molecule is c1ccc(-c2c(-c3ccccc3)n(-c3ccc(-c4nc5ccccc5n4-c4ccccc4)cc3)c3cc4ccc(-c5ccc(-c6cn7ccccc7n6)cc5)cc4cc23)cc1. The minimum Gasteiger partial charge on any atom is -0.309 e. The Bertz CT molecular complexity index is 3510. The minimum absolute atomic E-state index is 0.913. The fraction of sp³-hybridized carbons (Fsp3) is 0. The Labute approximate surface area is 352 Å². The van der Waals surface area contributed by atoms with E-state index in [9.17, 15) is 0 Å². The summed E-state index contributed by atoms with van der Waals surface area (Å²) in [6.07, 6.45) is 4.12. The van der Waals surface area contributed by atoms with E-state index in [4.69, 9.17) is 9.97 Å². The van der Waals surface area contributed by atoms with Crippen LogP contribution in [0.4, 0.5) is 0 Å². The lowest BCUT2D eigenvalue weighted by Crippen LogP contribution is -1.99. The van der Waals surface area contributed by atoms with Crippen LogP contribution in [0.3, 0.4) is 0 Å². The van der Waals surface area contributed by atoms with Crippen LogP contribution in [0, 0.1) is 0 Å². The molecule has 0 unspecified atom stereocenters. The van der Waals surface area contributed by atoms with Gasteiger partial charge in [-0.3, -0.25) is 4.57 Å². The quantitative estimate of drug-likeness (QED) is 0.162. The van der Waals surface area contributed by atoms with Crippen molar-refractivity contribution in [1.82, 2.24) is 23.5 Å². The summed E-state index contributed by atoms with van der Waals surface area (Å²) in [7, 11) is 0. The Morgan fingerprint density at radius 1 is 0.377 bits per heavy atom. The molecule has 4 aromatic heterocycles. The van der Waals surface area contributed by atoms with Gasteiger partial charge in [-0.25, -0.2) is 9.97 Å². The highest BCUT2D eigenvalue weighted by molar-refractivity contribution is 6.11. The molecule has 4 heterocycles. The fourth-order valence-electron chi connectivity index (χ4n) is 8.97. The van der Waals surface area contributed by atoms with Crippen molar-refractivity contribution in [2.24, 2.45) is 0 Å². The predicted molar refractivity (Wildman–Crippen MR) is 251 cm³/mol. The van der Waals surface area contributed by atoms with Gasteiger partial charge < -0.3 is 8.97 Å². The molecule has 12 aromatic rings. The van der Waals surface area contributed by atoms with Gasteiger partial charge in [-0.15, -0.1) is 0 Å². The van der Waals surface area contributed by atoms with E-state index >= 15 is 0 Å². The van der Waals surface area contributed by atoms with Gasteiger partial charge in [0, 0.05) is 45.8 Å². The third kappa shape index (κ3) is 5.94. The molecule has 5 nitrogen and oxygen atoms in total. The van der Waals surface area contributed by atoms with Crippen LogP contribution in [0.1, 0.15) is 0 Å². The van der Waals surface area contributed by atoms with E-state index < -0.39 is 0 Å². The fourth-order valence-corrected chi connectivity index (χ4v) is 8.97. The molecule has 0 radical (unpaired) electrons. The molecule has 0 saturated carbocycles. The highest BCUT2D eigenvalue weighted by atomic mass is 15.1. The van der Waals surface area contributed by atoms with Crippen LogP contribution in [-0.2, 0) is 0 Å². The Kier molecular flexibility index (Phi) is 8.10. The van der Waals surface area contributed by atoms with Crippen molar-refractivity contribution in [1.29, 1.82) is 0 Å². The highest BCUT2D eigenvalue weighted by Crippen LogP contribution is 2.45. The molecule has 0 saturated heterocycles. The highest BCUT2D eigenvalue weighted by Gasteiger charge is 2.23. The van der Waals surface area contributed by atoms with Crippen LogP contribution >= 0.6 is 0 Å². The van der Waals surface area contributed by atoms with Crippen molar-refractivity contribution >= 4 is 38.4 Å². The molecule has 0 aliphatic heterocycles. The number of hydrogen-bond acceptors (Lipinski definition) is 2. The number of para-hydroxylation sites is 3. The Balaban J connectivity index is 1.02.